The lowest BCUT2D eigenvalue weighted by atomic mass is 9.89. The molecule has 0 fully saturated rings. The van der Waals surface area contributed by atoms with Crippen LogP contribution in [0, 0.1) is 0 Å². The molecule has 0 nitrogen and oxygen atoms in total. The van der Waals surface area contributed by atoms with Gasteiger partial charge in [0.1, 0.15) is 12.2 Å². The van der Waals surface area contributed by atoms with Gasteiger partial charge in [0.2, 0.25) is 0 Å². The van der Waals surface area contributed by atoms with Crippen LogP contribution in [0.15, 0.2) is 151 Å². The summed E-state index contributed by atoms with van der Waals surface area (Å²) in [7, 11) is 0. The van der Waals surface area contributed by atoms with Gasteiger partial charge in [-0.3, -0.25) is 0 Å². The number of rotatable bonds is 0. The van der Waals surface area contributed by atoms with Crippen LogP contribution in [0.4, 0.5) is 0 Å². The maximum Gasteiger partial charge on any atom is 0.132 e. The van der Waals surface area contributed by atoms with Gasteiger partial charge in [-0.05, 0) is 77.4 Å². The van der Waals surface area contributed by atoms with Crippen LogP contribution in [0.3, 0.4) is 0 Å². The highest BCUT2D eigenvalue weighted by Gasteiger charge is 2.62. The molecule has 0 saturated carbocycles. The van der Waals surface area contributed by atoms with E-state index in [0.717, 1.165) is 10.1 Å². The lowest BCUT2D eigenvalue weighted by Crippen LogP contribution is -2.23. The lowest BCUT2D eigenvalue weighted by Gasteiger charge is -2.34. The van der Waals surface area contributed by atoms with Crippen molar-refractivity contribution >= 4 is 134 Å². The van der Waals surface area contributed by atoms with Crippen LogP contribution in [0.2, 0.25) is 0 Å². The fraction of sp³-hybridized carbons (Fsp3) is 0.0769. The zero-order valence-electron chi connectivity index (χ0n) is 24.9. The van der Waals surface area contributed by atoms with Crippen molar-refractivity contribution in [1.82, 2.24) is 0 Å². The second kappa shape index (κ2) is 10.4. The van der Waals surface area contributed by atoms with Crippen molar-refractivity contribution in [3.63, 3.8) is 0 Å². The number of hydrogen-bond acceptors (Lipinski definition) is 8. The molecule has 5 aromatic rings. The number of thioether (sulfide) groups is 8. The van der Waals surface area contributed by atoms with Crippen LogP contribution in [0.25, 0.3) is 17.1 Å². The summed E-state index contributed by atoms with van der Waals surface area (Å²) in [5.74, 6) is 0. The molecule has 0 aromatic heterocycles. The maximum atomic E-state index is 7.65. The van der Waals surface area contributed by atoms with E-state index in [9.17, 15) is 0 Å². The van der Waals surface area contributed by atoms with E-state index in [1.807, 2.05) is 94.1 Å². The van der Waals surface area contributed by atoms with E-state index < -0.39 is 8.16 Å². The van der Waals surface area contributed by atoms with E-state index >= 15 is 0 Å². The summed E-state index contributed by atoms with van der Waals surface area (Å²) in [5, 5.41) is 1.78. The number of halogens is 2. The van der Waals surface area contributed by atoms with Crippen molar-refractivity contribution in [3.05, 3.63) is 145 Å². The van der Waals surface area contributed by atoms with E-state index in [2.05, 4.69) is 109 Å². The van der Waals surface area contributed by atoms with Crippen molar-refractivity contribution < 1.29 is 0 Å². The monoisotopic (exact) mass is 812 g/mol. The van der Waals surface area contributed by atoms with Gasteiger partial charge in [0.15, 0.2) is 0 Å². The molecule has 4 aliphatic heterocycles. The molecular formula is C39H18Cl2S8. The molecule has 0 amide bonds. The molecule has 10 heteroatoms. The molecule has 4 heterocycles. The standard InChI is InChI=1S/C39H18Cl2S8/c40-29-18-20-32(37(29)44-23-11-3-4-12-24(23)45-37)19-17-30(41)38(46-25-13-5-6-14-26(25)47-38)33(19)31-34(20)39(48-27-15-7-8-16-28(27)49-39)36-35(31)42-21-9-1-2-10-22(21)43-36/h1-18H. The molecule has 0 atom stereocenters. The van der Waals surface area contributed by atoms with E-state index in [1.165, 1.54) is 82.4 Å². The Morgan fingerprint density at radius 1 is 0.388 bits per heavy atom. The van der Waals surface area contributed by atoms with Crippen molar-refractivity contribution in [2.75, 3.05) is 0 Å². The Balaban J connectivity index is 1.21. The van der Waals surface area contributed by atoms with Crippen LogP contribution in [-0.2, 0) is 12.2 Å². The first kappa shape index (κ1) is 30.2. The number of hydrogen-bond donors (Lipinski definition) is 0. The summed E-state index contributed by atoms with van der Waals surface area (Å²) in [6.45, 7) is 0. The molecule has 7 aliphatic rings. The van der Waals surface area contributed by atoms with Gasteiger partial charge in [-0.25, -0.2) is 0 Å². The van der Waals surface area contributed by atoms with Gasteiger partial charge in [-0.15, -0.1) is 0 Å². The average Bonchev–Trinajstić information content (AvgIpc) is 3.94. The molecule has 0 saturated heterocycles. The third-order valence-electron chi connectivity index (χ3n) is 9.81. The summed E-state index contributed by atoms with van der Waals surface area (Å²) in [6.07, 6.45) is 4.63. The van der Waals surface area contributed by atoms with Crippen molar-refractivity contribution in [3.8, 4) is 0 Å². The van der Waals surface area contributed by atoms with E-state index in [-0.39, 0.29) is 4.08 Å². The highest BCUT2D eigenvalue weighted by Crippen LogP contribution is 2.81. The molecular weight excluding hydrogens is 796 g/mol. The molecule has 3 spiro atoms. The van der Waals surface area contributed by atoms with Gasteiger partial charge >= 0.3 is 0 Å². The van der Waals surface area contributed by atoms with E-state index in [0.29, 0.717) is 0 Å². The van der Waals surface area contributed by atoms with Crippen molar-refractivity contribution in [2.45, 2.75) is 51.4 Å². The van der Waals surface area contributed by atoms with E-state index in [1.54, 1.807) is 0 Å². The Kier molecular flexibility index (Phi) is 6.43. The van der Waals surface area contributed by atoms with Gasteiger partial charge in [0.05, 0.1) is 10.1 Å². The normalized spacial score (nSPS) is 21.3. The average molecular weight is 814 g/mol. The minimum Gasteiger partial charge on any atom is -0.0963 e. The predicted molar refractivity (Wildman–Crippen MR) is 219 cm³/mol. The van der Waals surface area contributed by atoms with Crippen LogP contribution < -0.4 is 0 Å². The second-order valence-electron chi connectivity index (χ2n) is 12.4. The van der Waals surface area contributed by atoms with Crippen molar-refractivity contribution in [2.24, 2.45) is 0 Å². The summed E-state index contributed by atoms with van der Waals surface area (Å²) in [4.78, 5) is 13.3. The Hall–Kier alpha value is -1.30. The van der Waals surface area contributed by atoms with Crippen LogP contribution in [0.1, 0.15) is 33.4 Å². The first-order valence-corrected chi connectivity index (χ1v) is 22.9. The molecule has 12 rings (SSSR count). The van der Waals surface area contributed by atoms with Gasteiger partial charge in [-0.2, -0.15) is 0 Å². The van der Waals surface area contributed by atoms with Crippen LogP contribution >= 0.6 is 117 Å². The number of fused-ring (bicyclic) bond motifs is 15. The molecule has 49 heavy (non-hydrogen) atoms. The fourth-order valence-corrected chi connectivity index (χ4v) is 21.5. The van der Waals surface area contributed by atoms with Crippen LogP contribution in [0.5, 0.6) is 0 Å². The first-order valence-electron chi connectivity index (χ1n) is 15.6. The number of benzene rings is 5. The summed E-state index contributed by atoms with van der Waals surface area (Å²) >= 11 is 30.9. The zero-order chi connectivity index (χ0) is 32.3. The molecule has 0 unspecified atom stereocenters. The maximum absolute atomic E-state index is 7.65. The van der Waals surface area contributed by atoms with Gasteiger partial charge in [0.25, 0.3) is 0 Å². The minimum absolute atomic E-state index is 0.351. The Labute approximate surface area is 327 Å². The lowest BCUT2D eigenvalue weighted by molar-refractivity contribution is 1.06. The van der Waals surface area contributed by atoms with Gasteiger partial charge in [0, 0.05) is 65.7 Å². The van der Waals surface area contributed by atoms with Gasteiger partial charge in [-0.1, -0.05) is 166 Å². The SMILES string of the molecule is ClC1=Cc2c(c3c(c4c2C2(Sc5ccccc5S2)C2=C4Sc4ccccc4S2)C2(Sc4ccccc4S2)C(Cl)=C3)C12Sc1ccccc1S2. The first-order chi connectivity index (χ1) is 24.0. The highest BCUT2D eigenvalue weighted by molar-refractivity contribution is 8.23. The topological polar surface area (TPSA) is 0 Å². The van der Waals surface area contributed by atoms with Crippen LogP contribution in [-0.4, -0.2) is 0 Å². The molecule has 5 aromatic carbocycles. The Bertz CT molecular complexity index is 2440. The zero-order valence-corrected chi connectivity index (χ0v) is 33.0. The van der Waals surface area contributed by atoms with Crippen molar-refractivity contribution in [1.29, 1.82) is 0 Å². The fourth-order valence-electron chi connectivity index (χ4n) is 7.89. The quantitative estimate of drug-likeness (QED) is 0.150. The summed E-state index contributed by atoms with van der Waals surface area (Å²) in [5.41, 5.74) is 7.96. The van der Waals surface area contributed by atoms with Gasteiger partial charge < -0.3 is 0 Å². The molecule has 0 bridgehead atoms. The summed E-state index contributed by atoms with van der Waals surface area (Å²) in [6, 6.07) is 35.4. The van der Waals surface area contributed by atoms with E-state index in [4.69, 9.17) is 23.2 Å². The predicted octanol–water partition coefficient (Wildman–Crippen LogP) is 14.6. The largest absolute Gasteiger partial charge is 0.132 e. The summed E-state index contributed by atoms with van der Waals surface area (Å²) < 4.78 is -1.31. The minimum atomic E-state index is -0.483. The Morgan fingerprint density at radius 3 is 1.18 bits per heavy atom. The molecule has 0 radical (unpaired) electrons. The second-order valence-corrected chi connectivity index (χ2v) is 23.7. The third kappa shape index (κ3) is 3.80. The smallest absolute Gasteiger partial charge is 0.0963 e. The highest BCUT2D eigenvalue weighted by atomic mass is 35.5. The molecule has 3 aliphatic carbocycles. The Morgan fingerprint density at radius 2 is 0.735 bits per heavy atom. The molecule has 0 N–H and O–H groups in total. The third-order valence-corrected chi connectivity index (χ3v) is 23.6. The molecule has 236 valence electrons.